The number of hydrogen-bond acceptors (Lipinski definition) is 2. The molecule has 0 radical (unpaired) electrons. The van der Waals surface area contributed by atoms with Crippen LogP contribution in [-0.2, 0) is 0 Å². The normalized spacial score (nSPS) is 10.6. The van der Waals surface area contributed by atoms with Crippen molar-refractivity contribution in [1.29, 1.82) is 0 Å². The number of halogens is 2. The second-order valence-corrected chi connectivity index (χ2v) is 11.4. The van der Waals surface area contributed by atoms with Gasteiger partial charge in [0.1, 0.15) is 5.82 Å². The van der Waals surface area contributed by atoms with Gasteiger partial charge in [-0.3, -0.25) is 0 Å². The molecule has 0 bridgehead atoms. The van der Waals surface area contributed by atoms with Crippen molar-refractivity contribution in [2.24, 2.45) is 0 Å². The van der Waals surface area contributed by atoms with Crippen molar-refractivity contribution in [2.75, 3.05) is 5.73 Å². The zero-order chi connectivity index (χ0) is 12.6. The van der Waals surface area contributed by atoms with E-state index in [1.807, 2.05) is 6.07 Å². The maximum atomic E-state index is 6.23. The van der Waals surface area contributed by atoms with E-state index in [4.69, 9.17) is 16.8 Å². The van der Waals surface area contributed by atoms with Crippen LogP contribution in [0.1, 0.15) is 20.8 Å². The molecular formula is C11H20BrClN2Si. The van der Waals surface area contributed by atoms with E-state index in [1.165, 1.54) is 18.1 Å². The van der Waals surface area contributed by atoms with Crippen molar-refractivity contribution in [3.63, 3.8) is 0 Å². The van der Waals surface area contributed by atoms with Gasteiger partial charge >= 0.3 is 0 Å². The van der Waals surface area contributed by atoms with Gasteiger partial charge in [0.05, 0.1) is 0 Å². The van der Waals surface area contributed by atoms with E-state index in [-0.39, 0.29) is 0 Å². The topological polar surface area (TPSA) is 38.9 Å². The average molecular weight is 324 g/mol. The fourth-order valence-corrected chi connectivity index (χ4v) is 2.87. The van der Waals surface area contributed by atoms with Gasteiger partial charge in [-0.1, -0.05) is 20.8 Å². The lowest BCUT2D eigenvalue weighted by Crippen LogP contribution is -2.22. The third kappa shape index (κ3) is 6.50. The molecule has 1 heterocycles. The monoisotopic (exact) mass is 322 g/mol. The molecule has 0 aliphatic heterocycles. The minimum Gasteiger partial charge on any atom is -0.384 e. The number of anilines is 1. The number of nitrogens with two attached hydrogens (primary N) is 1. The van der Waals surface area contributed by atoms with E-state index in [1.54, 1.807) is 12.3 Å². The van der Waals surface area contributed by atoms with Crippen molar-refractivity contribution < 1.29 is 0 Å². The number of pyridine rings is 1. The molecule has 0 aliphatic carbocycles. The van der Waals surface area contributed by atoms with Gasteiger partial charge in [-0.2, -0.15) is 11.1 Å². The third-order valence-electron chi connectivity index (χ3n) is 2.65. The molecule has 0 aromatic carbocycles. The Bertz CT molecular complexity index is 259. The highest BCUT2D eigenvalue weighted by Gasteiger charge is 2.22. The van der Waals surface area contributed by atoms with Gasteiger partial charge in [0.15, 0.2) is 7.38 Å². The molecule has 0 saturated carbocycles. The predicted octanol–water partition coefficient (Wildman–Crippen LogP) is 4.66. The summed E-state index contributed by atoms with van der Waals surface area (Å²) in [6, 6.07) is 7.26. The summed E-state index contributed by atoms with van der Waals surface area (Å²) in [5.74, 6) is 0.549. The number of aromatic nitrogens is 1. The van der Waals surface area contributed by atoms with E-state index in [2.05, 4.69) is 41.7 Å². The van der Waals surface area contributed by atoms with Crippen LogP contribution in [0.15, 0.2) is 22.8 Å². The standard InChI is InChI=1S/C6H15ClSi.C5H5BrN2/c1-4-8(7,5-2)6-3;6-4-1-2-5(7)8-3-4/h4-6H2,1-3H3;1-3H,(H2,7,8). The van der Waals surface area contributed by atoms with Crippen molar-refractivity contribution in [3.05, 3.63) is 22.8 Å². The molecule has 0 spiro atoms. The first-order chi connectivity index (χ1) is 7.47. The Kier molecular flexibility index (Phi) is 8.06. The van der Waals surface area contributed by atoms with Gasteiger partial charge in [-0.15, -0.1) is 0 Å². The van der Waals surface area contributed by atoms with Crippen molar-refractivity contribution in [2.45, 2.75) is 38.9 Å². The van der Waals surface area contributed by atoms with Crippen molar-refractivity contribution in [3.8, 4) is 0 Å². The Hall–Kier alpha value is -0.0631. The van der Waals surface area contributed by atoms with Crippen LogP contribution < -0.4 is 5.73 Å². The number of nitrogens with zero attached hydrogens (tertiary/aromatic N) is 1. The quantitative estimate of drug-likeness (QED) is 0.649. The van der Waals surface area contributed by atoms with Crippen LogP contribution in [0.25, 0.3) is 0 Å². The van der Waals surface area contributed by atoms with Gasteiger partial charge in [-0.05, 0) is 46.2 Å². The van der Waals surface area contributed by atoms with Gasteiger partial charge in [0.2, 0.25) is 0 Å². The molecule has 1 aromatic heterocycles. The number of hydrogen-bond donors (Lipinski definition) is 1. The predicted molar refractivity (Wildman–Crippen MR) is 79.4 cm³/mol. The lowest BCUT2D eigenvalue weighted by Gasteiger charge is -2.17. The van der Waals surface area contributed by atoms with Crippen LogP contribution >= 0.6 is 27.0 Å². The van der Waals surface area contributed by atoms with Gasteiger partial charge in [-0.25, -0.2) is 4.98 Å². The van der Waals surface area contributed by atoms with E-state index in [0.29, 0.717) is 5.82 Å². The summed E-state index contributed by atoms with van der Waals surface area (Å²) < 4.78 is 0.951. The molecule has 0 unspecified atom stereocenters. The van der Waals surface area contributed by atoms with Crippen LogP contribution in [0.4, 0.5) is 5.82 Å². The molecule has 16 heavy (non-hydrogen) atoms. The Morgan fingerprint density at radius 1 is 1.25 bits per heavy atom. The fourth-order valence-electron chi connectivity index (χ4n) is 1.14. The van der Waals surface area contributed by atoms with E-state index >= 15 is 0 Å². The van der Waals surface area contributed by atoms with Crippen LogP contribution in [-0.4, -0.2) is 12.4 Å². The maximum absolute atomic E-state index is 6.23. The Morgan fingerprint density at radius 2 is 1.75 bits per heavy atom. The molecule has 1 rings (SSSR count). The third-order valence-corrected chi connectivity index (χ3v) is 9.33. The van der Waals surface area contributed by atoms with E-state index < -0.39 is 7.38 Å². The maximum Gasteiger partial charge on any atom is 0.155 e. The summed E-state index contributed by atoms with van der Waals surface area (Å²) >= 11 is 9.46. The van der Waals surface area contributed by atoms with Crippen LogP contribution in [0.2, 0.25) is 18.1 Å². The van der Waals surface area contributed by atoms with Crippen LogP contribution in [0.3, 0.4) is 0 Å². The molecule has 2 nitrogen and oxygen atoms in total. The largest absolute Gasteiger partial charge is 0.384 e. The Labute approximate surface area is 112 Å². The number of nitrogen functional groups attached to an aromatic ring is 1. The fraction of sp³-hybridized carbons (Fsp3) is 0.545. The number of rotatable bonds is 3. The van der Waals surface area contributed by atoms with Crippen molar-refractivity contribution in [1.82, 2.24) is 4.98 Å². The van der Waals surface area contributed by atoms with Gasteiger partial charge < -0.3 is 5.73 Å². The zero-order valence-corrected chi connectivity index (χ0v) is 13.5. The minimum absolute atomic E-state index is 0.549. The Balaban J connectivity index is 0.000000281. The lowest BCUT2D eigenvalue weighted by molar-refractivity contribution is 1.22. The first kappa shape index (κ1) is 15.9. The summed E-state index contributed by atoms with van der Waals surface area (Å²) in [6.07, 6.45) is 1.66. The highest BCUT2D eigenvalue weighted by atomic mass is 79.9. The highest BCUT2D eigenvalue weighted by Crippen LogP contribution is 2.23. The summed E-state index contributed by atoms with van der Waals surface area (Å²) in [5, 5.41) is 0. The summed E-state index contributed by atoms with van der Waals surface area (Å²) in [7, 11) is -1.20. The summed E-state index contributed by atoms with van der Waals surface area (Å²) in [4.78, 5) is 3.81. The van der Waals surface area contributed by atoms with Gasteiger partial charge in [0, 0.05) is 10.7 Å². The van der Waals surface area contributed by atoms with Gasteiger partial charge in [0.25, 0.3) is 0 Å². The molecule has 5 heteroatoms. The van der Waals surface area contributed by atoms with Crippen LogP contribution in [0, 0.1) is 0 Å². The SMILES string of the molecule is CC[Si](Cl)(CC)CC.Nc1ccc(Br)cn1. The minimum atomic E-state index is -1.20. The second-order valence-electron chi connectivity index (χ2n) is 3.61. The van der Waals surface area contributed by atoms with E-state index in [9.17, 15) is 0 Å². The summed E-state index contributed by atoms with van der Waals surface area (Å²) in [6.45, 7) is 6.60. The molecule has 1 aromatic rings. The molecule has 0 atom stereocenters. The molecule has 2 N–H and O–H groups in total. The molecule has 92 valence electrons. The first-order valence-corrected chi connectivity index (χ1v) is 9.96. The molecule has 0 amide bonds. The summed E-state index contributed by atoms with van der Waals surface area (Å²) in [5.41, 5.74) is 5.29. The highest BCUT2D eigenvalue weighted by molar-refractivity contribution is 9.10. The molecule has 0 saturated heterocycles. The van der Waals surface area contributed by atoms with Crippen molar-refractivity contribution >= 4 is 40.2 Å². The smallest absolute Gasteiger partial charge is 0.155 e. The molecule has 0 aliphatic rings. The first-order valence-electron chi connectivity index (χ1n) is 5.53. The zero-order valence-electron chi connectivity index (χ0n) is 10.1. The van der Waals surface area contributed by atoms with E-state index in [0.717, 1.165) is 4.47 Å². The Morgan fingerprint density at radius 3 is 1.94 bits per heavy atom. The molecular weight excluding hydrogens is 304 g/mol. The molecule has 0 fully saturated rings. The average Bonchev–Trinajstić information content (AvgIpc) is 2.33. The second kappa shape index (κ2) is 8.09. The lowest BCUT2D eigenvalue weighted by atomic mass is 10.5. The van der Waals surface area contributed by atoms with Crippen LogP contribution in [0.5, 0.6) is 0 Å².